The van der Waals surface area contributed by atoms with Gasteiger partial charge in [-0.2, -0.15) is 0 Å². The molecule has 0 amide bonds. The highest BCUT2D eigenvalue weighted by Crippen LogP contribution is 2.42. The zero-order chi connectivity index (χ0) is 23.0. The van der Waals surface area contributed by atoms with Crippen LogP contribution in [0.4, 0.5) is 5.95 Å². The molecule has 3 aliphatic rings. The van der Waals surface area contributed by atoms with Gasteiger partial charge in [0.05, 0.1) is 31.2 Å². The summed E-state index contributed by atoms with van der Waals surface area (Å²) < 4.78 is 10.3. The first-order chi connectivity index (χ1) is 16.0. The maximum atomic E-state index is 11.8. The van der Waals surface area contributed by atoms with Crippen LogP contribution in [-0.2, 0) is 11.3 Å². The number of cyclic esters (lactones) is 1. The molecule has 8 nitrogen and oxygen atoms in total. The molecular weight excluding hydrogens is 420 g/mol. The van der Waals surface area contributed by atoms with Crippen molar-refractivity contribution in [3.63, 3.8) is 0 Å². The van der Waals surface area contributed by atoms with Crippen molar-refractivity contribution in [3.05, 3.63) is 46.8 Å². The smallest absolute Gasteiger partial charge is 0.338 e. The van der Waals surface area contributed by atoms with Crippen LogP contribution in [0.2, 0.25) is 0 Å². The Kier molecular flexibility index (Phi) is 5.97. The first-order valence-corrected chi connectivity index (χ1v) is 11.8. The summed E-state index contributed by atoms with van der Waals surface area (Å²) in [7, 11) is 1.62. The Labute approximate surface area is 194 Å². The van der Waals surface area contributed by atoms with E-state index in [1.165, 1.54) is 0 Å². The van der Waals surface area contributed by atoms with E-state index < -0.39 is 6.10 Å². The molecule has 5 rings (SSSR count). The van der Waals surface area contributed by atoms with Gasteiger partial charge in [-0.3, -0.25) is 0 Å². The fourth-order valence-electron chi connectivity index (χ4n) is 5.54. The summed E-state index contributed by atoms with van der Waals surface area (Å²) in [6, 6.07) is 3.68. The molecule has 1 spiro atoms. The van der Waals surface area contributed by atoms with Gasteiger partial charge in [0.1, 0.15) is 6.61 Å². The van der Waals surface area contributed by atoms with E-state index in [1.54, 1.807) is 25.6 Å². The second-order valence-corrected chi connectivity index (χ2v) is 9.61. The predicted octanol–water partition coefficient (Wildman–Crippen LogP) is 2.88. The molecule has 3 aliphatic heterocycles. The van der Waals surface area contributed by atoms with Crippen LogP contribution in [-0.4, -0.2) is 65.8 Å². The Morgan fingerprint density at radius 1 is 1.12 bits per heavy atom. The molecule has 1 atom stereocenters. The molecule has 1 unspecified atom stereocenters. The normalized spacial score (nSPS) is 21.1. The van der Waals surface area contributed by atoms with E-state index in [9.17, 15) is 9.90 Å². The molecule has 1 N–H and O–H groups in total. The van der Waals surface area contributed by atoms with Crippen molar-refractivity contribution in [1.29, 1.82) is 0 Å². The number of β-amino-alcohol motifs (C(OH)–C–C–N with tert-alkyl or cyclic N) is 1. The van der Waals surface area contributed by atoms with Crippen LogP contribution in [0, 0.1) is 12.3 Å². The number of fused-ring (bicyclic) bond motifs is 1. The van der Waals surface area contributed by atoms with Gasteiger partial charge in [0, 0.05) is 25.2 Å². The van der Waals surface area contributed by atoms with Crippen LogP contribution < -0.4 is 9.64 Å². The molecular formula is C25H32N4O4. The summed E-state index contributed by atoms with van der Waals surface area (Å²) in [6.07, 6.45) is 7.50. The fourth-order valence-corrected chi connectivity index (χ4v) is 5.54. The van der Waals surface area contributed by atoms with Crippen molar-refractivity contribution in [3.8, 4) is 5.75 Å². The number of hydrogen-bond donors (Lipinski definition) is 1. The number of carbonyl (C=O) groups is 1. The van der Waals surface area contributed by atoms with Crippen LogP contribution in [0.3, 0.4) is 0 Å². The third kappa shape index (κ3) is 4.29. The lowest BCUT2D eigenvalue weighted by Gasteiger charge is -2.47. The number of benzene rings is 1. The predicted molar refractivity (Wildman–Crippen MR) is 123 cm³/mol. The average Bonchev–Trinajstić information content (AvgIpc) is 3.23. The van der Waals surface area contributed by atoms with Gasteiger partial charge in [-0.15, -0.1) is 0 Å². The lowest BCUT2D eigenvalue weighted by molar-refractivity contribution is 0.0446. The zero-order valence-corrected chi connectivity index (χ0v) is 19.4. The maximum Gasteiger partial charge on any atom is 0.338 e. The Hall–Kier alpha value is -2.71. The van der Waals surface area contributed by atoms with E-state index >= 15 is 0 Å². The van der Waals surface area contributed by atoms with Crippen molar-refractivity contribution in [2.24, 2.45) is 5.41 Å². The fraction of sp³-hybridized carbons (Fsp3) is 0.560. The SMILES string of the molecule is COc1cnc(N2CCC3(CCN(CC(O)c4ccc5c(c4C)COC5=O)CC3)CC2)nc1. The summed E-state index contributed by atoms with van der Waals surface area (Å²) in [4.78, 5) is 25.3. The molecule has 1 aromatic carbocycles. The molecule has 8 heteroatoms. The van der Waals surface area contributed by atoms with Gasteiger partial charge in [-0.1, -0.05) is 6.07 Å². The lowest BCUT2D eigenvalue weighted by atomic mass is 9.71. The minimum absolute atomic E-state index is 0.264. The van der Waals surface area contributed by atoms with Crippen LogP contribution in [0.15, 0.2) is 24.5 Å². The Morgan fingerprint density at radius 2 is 1.79 bits per heavy atom. The number of anilines is 1. The largest absolute Gasteiger partial charge is 0.494 e. The first kappa shape index (κ1) is 22.1. The minimum atomic E-state index is -0.561. The summed E-state index contributed by atoms with van der Waals surface area (Å²) in [5.41, 5.74) is 3.81. The highest BCUT2D eigenvalue weighted by molar-refractivity contribution is 5.93. The molecule has 33 heavy (non-hydrogen) atoms. The number of carbonyl (C=O) groups excluding carboxylic acids is 1. The number of ether oxygens (including phenoxy) is 2. The maximum absolute atomic E-state index is 11.8. The molecule has 176 valence electrons. The standard InChI is InChI=1S/C25H32N4O4/c1-17-19(3-4-20-21(17)16-33-23(20)31)22(30)15-28-9-5-25(6-10-28)7-11-29(12-8-25)24-26-13-18(32-2)14-27-24/h3-4,13-14,22,30H,5-12,15-16H2,1-2H3. The van der Waals surface area contributed by atoms with Crippen LogP contribution in [0.25, 0.3) is 0 Å². The molecule has 1 aromatic heterocycles. The van der Waals surface area contributed by atoms with E-state index in [1.807, 2.05) is 13.0 Å². The molecule has 0 radical (unpaired) electrons. The summed E-state index contributed by atoms with van der Waals surface area (Å²) in [5.74, 6) is 1.20. The van der Waals surface area contributed by atoms with Crippen molar-refractivity contribution in [2.75, 3.05) is 44.7 Å². The van der Waals surface area contributed by atoms with Gasteiger partial charge in [0.2, 0.25) is 5.95 Å². The molecule has 0 aliphatic carbocycles. The monoisotopic (exact) mass is 452 g/mol. The van der Waals surface area contributed by atoms with Gasteiger partial charge in [-0.05, 0) is 68.3 Å². The van der Waals surface area contributed by atoms with Crippen LogP contribution in [0.1, 0.15) is 58.8 Å². The molecule has 0 saturated carbocycles. The topological polar surface area (TPSA) is 88.0 Å². The number of rotatable bonds is 5. The third-order valence-corrected chi connectivity index (χ3v) is 7.87. The average molecular weight is 453 g/mol. The van der Waals surface area contributed by atoms with E-state index in [-0.39, 0.29) is 5.97 Å². The summed E-state index contributed by atoms with van der Waals surface area (Å²) in [6.45, 7) is 6.87. The summed E-state index contributed by atoms with van der Waals surface area (Å²) >= 11 is 0. The summed E-state index contributed by atoms with van der Waals surface area (Å²) in [5, 5.41) is 11.0. The van der Waals surface area contributed by atoms with Gasteiger partial charge in [-0.25, -0.2) is 14.8 Å². The van der Waals surface area contributed by atoms with Gasteiger partial charge in [0.25, 0.3) is 0 Å². The molecule has 2 fully saturated rings. The molecule has 2 aromatic rings. The van der Waals surface area contributed by atoms with E-state index in [2.05, 4.69) is 19.8 Å². The van der Waals surface area contributed by atoms with Gasteiger partial charge >= 0.3 is 5.97 Å². The second-order valence-electron chi connectivity index (χ2n) is 9.61. The van der Waals surface area contributed by atoms with E-state index in [0.717, 1.165) is 74.5 Å². The number of aromatic nitrogens is 2. The van der Waals surface area contributed by atoms with Gasteiger partial charge < -0.3 is 24.4 Å². The number of piperidine rings is 2. The van der Waals surface area contributed by atoms with E-state index in [4.69, 9.17) is 9.47 Å². The number of hydrogen-bond acceptors (Lipinski definition) is 8. The minimum Gasteiger partial charge on any atom is -0.494 e. The first-order valence-electron chi connectivity index (χ1n) is 11.8. The van der Waals surface area contributed by atoms with Crippen molar-refractivity contribution in [2.45, 2.75) is 45.3 Å². The number of nitrogens with zero attached hydrogens (tertiary/aromatic N) is 4. The van der Waals surface area contributed by atoms with Crippen molar-refractivity contribution >= 4 is 11.9 Å². The highest BCUT2D eigenvalue weighted by Gasteiger charge is 2.38. The van der Waals surface area contributed by atoms with Gasteiger partial charge in [0.15, 0.2) is 5.75 Å². The highest BCUT2D eigenvalue weighted by atomic mass is 16.5. The quantitative estimate of drug-likeness (QED) is 0.693. The third-order valence-electron chi connectivity index (χ3n) is 7.87. The second kappa shape index (κ2) is 8.91. The molecule has 2 saturated heterocycles. The lowest BCUT2D eigenvalue weighted by Crippen LogP contribution is -2.47. The van der Waals surface area contributed by atoms with Crippen molar-refractivity contribution < 1.29 is 19.4 Å². The Bertz CT molecular complexity index is 1010. The van der Waals surface area contributed by atoms with E-state index in [0.29, 0.717) is 29.9 Å². The molecule has 0 bridgehead atoms. The Balaban J connectivity index is 1.14. The number of likely N-dealkylation sites (tertiary alicyclic amines) is 1. The number of aliphatic hydroxyl groups excluding tert-OH is 1. The zero-order valence-electron chi connectivity index (χ0n) is 19.4. The molecule has 4 heterocycles. The van der Waals surface area contributed by atoms with Crippen LogP contribution >= 0.6 is 0 Å². The van der Waals surface area contributed by atoms with Crippen molar-refractivity contribution in [1.82, 2.24) is 14.9 Å². The number of aliphatic hydroxyl groups is 1. The number of esters is 1. The number of methoxy groups -OCH3 is 1. The Morgan fingerprint density at radius 3 is 2.45 bits per heavy atom. The van der Waals surface area contributed by atoms with Crippen LogP contribution in [0.5, 0.6) is 5.75 Å².